The Balaban J connectivity index is 2.71. The van der Waals surface area contributed by atoms with Crippen LogP contribution in [0.15, 0.2) is 24.3 Å². The van der Waals surface area contributed by atoms with Gasteiger partial charge in [-0.2, -0.15) is 0 Å². The predicted octanol–water partition coefficient (Wildman–Crippen LogP) is 3.23. The van der Waals surface area contributed by atoms with Crippen LogP contribution in [0.3, 0.4) is 0 Å². The van der Waals surface area contributed by atoms with E-state index in [2.05, 4.69) is 5.32 Å². The number of rotatable bonds is 5. The lowest BCUT2D eigenvalue weighted by atomic mass is 10.2. The molecule has 1 rings (SSSR count). The summed E-state index contributed by atoms with van der Waals surface area (Å²) in [6.07, 6.45) is 0. The Bertz CT molecular complexity index is 424. The predicted molar refractivity (Wildman–Crippen MR) is 76.5 cm³/mol. The van der Waals surface area contributed by atoms with Crippen molar-refractivity contribution >= 4 is 11.7 Å². The highest BCUT2D eigenvalue weighted by Crippen LogP contribution is 2.24. The highest BCUT2D eigenvalue weighted by atomic mass is 16.6. The number of para-hydroxylation sites is 2. The highest BCUT2D eigenvalue weighted by molar-refractivity contribution is 5.80. The molecule has 0 saturated carbocycles. The number of anilines is 1. The summed E-state index contributed by atoms with van der Waals surface area (Å²) in [5.74, 6) is 0.458. The van der Waals surface area contributed by atoms with E-state index in [4.69, 9.17) is 9.47 Å². The summed E-state index contributed by atoms with van der Waals surface area (Å²) in [7, 11) is 0. The Morgan fingerprint density at radius 3 is 2.53 bits per heavy atom. The van der Waals surface area contributed by atoms with Gasteiger partial charge in [-0.05, 0) is 46.8 Å². The summed E-state index contributed by atoms with van der Waals surface area (Å²) in [6.45, 7) is 9.84. The molecule has 0 aliphatic heterocycles. The van der Waals surface area contributed by atoms with Crippen LogP contribution < -0.4 is 10.1 Å². The lowest BCUT2D eigenvalue weighted by Crippen LogP contribution is -2.34. The summed E-state index contributed by atoms with van der Waals surface area (Å²) in [4.78, 5) is 11.9. The van der Waals surface area contributed by atoms with Crippen LogP contribution in [0.2, 0.25) is 0 Å². The molecule has 0 fully saturated rings. The fourth-order valence-electron chi connectivity index (χ4n) is 1.55. The van der Waals surface area contributed by atoms with Gasteiger partial charge in [0.1, 0.15) is 17.4 Å². The van der Waals surface area contributed by atoms with Crippen molar-refractivity contribution in [1.29, 1.82) is 0 Å². The summed E-state index contributed by atoms with van der Waals surface area (Å²) in [5.41, 5.74) is 0.314. The summed E-state index contributed by atoms with van der Waals surface area (Å²) in [5, 5.41) is 3.12. The topological polar surface area (TPSA) is 47.6 Å². The molecule has 0 spiro atoms. The van der Waals surface area contributed by atoms with Gasteiger partial charge in [-0.3, -0.25) is 0 Å². The maximum absolute atomic E-state index is 11.9. The van der Waals surface area contributed by atoms with Crippen LogP contribution in [0.25, 0.3) is 0 Å². The minimum Gasteiger partial charge on any atom is -0.492 e. The summed E-state index contributed by atoms with van der Waals surface area (Å²) >= 11 is 0. The lowest BCUT2D eigenvalue weighted by Gasteiger charge is -2.23. The molecule has 1 atom stereocenters. The van der Waals surface area contributed by atoms with Gasteiger partial charge >= 0.3 is 5.97 Å². The molecule has 1 N–H and O–H groups in total. The van der Waals surface area contributed by atoms with Crippen molar-refractivity contribution < 1.29 is 14.3 Å². The Morgan fingerprint density at radius 2 is 1.95 bits per heavy atom. The van der Waals surface area contributed by atoms with E-state index in [0.717, 1.165) is 11.4 Å². The van der Waals surface area contributed by atoms with Gasteiger partial charge in [0, 0.05) is 0 Å². The van der Waals surface area contributed by atoms with Gasteiger partial charge < -0.3 is 14.8 Å². The zero-order valence-electron chi connectivity index (χ0n) is 12.3. The minimum atomic E-state index is -0.480. The zero-order chi connectivity index (χ0) is 14.5. The third kappa shape index (κ3) is 5.20. The van der Waals surface area contributed by atoms with Gasteiger partial charge in [-0.1, -0.05) is 12.1 Å². The third-order valence-electron chi connectivity index (χ3n) is 2.32. The maximum atomic E-state index is 11.9. The van der Waals surface area contributed by atoms with Crippen LogP contribution >= 0.6 is 0 Å². The molecular weight excluding hydrogens is 242 g/mol. The van der Waals surface area contributed by atoms with Gasteiger partial charge in [0.25, 0.3) is 0 Å². The van der Waals surface area contributed by atoms with E-state index in [1.807, 2.05) is 52.0 Å². The van der Waals surface area contributed by atoms with Gasteiger partial charge in [0.05, 0.1) is 12.3 Å². The fraction of sp³-hybridized carbons (Fsp3) is 0.533. The van der Waals surface area contributed by atoms with Crippen molar-refractivity contribution in [2.24, 2.45) is 0 Å². The second-order valence-electron chi connectivity index (χ2n) is 5.33. The van der Waals surface area contributed by atoms with E-state index in [0.29, 0.717) is 6.61 Å². The molecule has 4 heteroatoms. The molecule has 1 aromatic carbocycles. The van der Waals surface area contributed by atoms with Crippen LogP contribution in [0.4, 0.5) is 5.69 Å². The largest absolute Gasteiger partial charge is 0.492 e. The molecule has 0 bridgehead atoms. The van der Waals surface area contributed by atoms with E-state index in [1.54, 1.807) is 6.92 Å². The summed E-state index contributed by atoms with van der Waals surface area (Å²) < 4.78 is 10.8. The molecule has 0 saturated heterocycles. The van der Waals surface area contributed by atoms with Crippen molar-refractivity contribution in [3.63, 3.8) is 0 Å². The van der Waals surface area contributed by atoms with Gasteiger partial charge in [-0.25, -0.2) is 4.79 Å². The number of carbonyl (C=O) groups is 1. The first-order chi connectivity index (χ1) is 8.83. The van der Waals surface area contributed by atoms with Crippen LogP contribution in [-0.2, 0) is 9.53 Å². The highest BCUT2D eigenvalue weighted by Gasteiger charge is 2.22. The van der Waals surface area contributed by atoms with E-state index >= 15 is 0 Å². The molecule has 106 valence electrons. The fourth-order valence-corrected chi connectivity index (χ4v) is 1.55. The second-order valence-corrected chi connectivity index (χ2v) is 5.33. The van der Waals surface area contributed by atoms with Crippen molar-refractivity contribution in [3.8, 4) is 5.75 Å². The van der Waals surface area contributed by atoms with Crippen molar-refractivity contribution in [1.82, 2.24) is 0 Å². The van der Waals surface area contributed by atoms with Crippen LogP contribution in [0, 0.1) is 0 Å². The van der Waals surface area contributed by atoms with E-state index in [9.17, 15) is 4.79 Å². The monoisotopic (exact) mass is 265 g/mol. The molecular formula is C15H23NO3. The van der Waals surface area contributed by atoms with Gasteiger partial charge in [0.15, 0.2) is 0 Å². The Labute approximate surface area is 115 Å². The number of esters is 1. The van der Waals surface area contributed by atoms with E-state index in [-0.39, 0.29) is 5.97 Å². The Morgan fingerprint density at radius 1 is 1.32 bits per heavy atom. The SMILES string of the molecule is CCOc1ccccc1NC(C)C(=O)OC(C)(C)C. The number of benzene rings is 1. The molecule has 4 nitrogen and oxygen atoms in total. The minimum absolute atomic E-state index is 0.279. The average Bonchev–Trinajstić information content (AvgIpc) is 2.29. The van der Waals surface area contributed by atoms with Gasteiger partial charge in [0.2, 0.25) is 0 Å². The first kappa shape index (κ1) is 15.3. The van der Waals surface area contributed by atoms with Crippen LogP contribution in [0.1, 0.15) is 34.6 Å². The molecule has 0 aliphatic rings. The van der Waals surface area contributed by atoms with Crippen LogP contribution in [-0.4, -0.2) is 24.2 Å². The standard InChI is InChI=1S/C15H23NO3/c1-6-18-13-10-8-7-9-12(13)16-11(2)14(17)19-15(3,4)5/h7-11,16H,6H2,1-5H3. The maximum Gasteiger partial charge on any atom is 0.328 e. The number of carbonyl (C=O) groups excluding carboxylic acids is 1. The van der Waals surface area contributed by atoms with E-state index < -0.39 is 11.6 Å². The Hall–Kier alpha value is -1.71. The zero-order valence-corrected chi connectivity index (χ0v) is 12.3. The number of hydrogen-bond acceptors (Lipinski definition) is 4. The lowest BCUT2D eigenvalue weighted by molar-refractivity contribution is -0.155. The molecule has 0 aliphatic carbocycles. The van der Waals surface area contributed by atoms with Crippen LogP contribution in [0.5, 0.6) is 5.75 Å². The third-order valence-corrected chi connectivity index (χ3v) is 2.32. The second kappa shape index (κ2) is 6.45. The molecule has 1 unspecified atom stereocenters. The smallest absolute Gasteiger partial charge is 0.328 e. The molecule has 0 aromatic heterocycles. The quantitative estimate of drug-likeness (QED) is 0.830. The number of nitrogens with one attached hydrogen (secondary N) is 1. The summed E-state index contributed by atoms with van der Waals surface area (Å²) in [6, 6.07) is 7.11. The molecule has 19 heavy (non-hydrogen) atoms. The van der Waals surface area contributed by atoms with Crippen molar-refractivity contribution in [2.75, 3.05) is 11.9 Å². The molecule has 0 radical (unpaired) electrons. The first-order valence-electron chi connectivity index (χ1n) is 6.54. The Kier molecular flexibility index (Phi) is 5.21. The van der Waals surface area contributed by atoms with Crippen molar-refractivity contribution in [2.45, 2.75) is 46.3 Å². The van der Waals surface area contributed by atoms with Crippen molar-refractivity contribution in [3.05, 3.63) is 24.3 Å². The normalized spacial score (nSPS) is 12.7. The number of ether oxygens (including phenoxy) is 2. The molecule has 0 amide bonds. The van der Waals surface area contributed by atoms with Gasteiger partial charge in [-0.15, -0.1) is 0 Å². The number of hydrogen-bond donors (Lipinski definition) is 1. The average molecular weight is 265 g/mol. The van der Waals surface area contributed by atoms with E-state index in [1.165, 1.54) is 0 Å². The first-order valence-corrected chi connectivity index (χ1v) is 6.54. The molecule has 1 aromatic rings. The molecule has 0 heterocycles.